The van der Waals surface area contributed by atoms with Crippen molar-refractivity contribution < 1.29 is 18.7 Å². The Morgan fingerprint density at radius 2 is 1.89 bits per heavy atom. The summed E-state index contributed by atoms with van der Waals surface area (Å²) in [6.07, 6.45) is 0.519. The number of para-hydroxylation sites is 1. The lowest BCUT2D eigenvalue weighted by atomic mass is 10.1. The monoisotopic (exact) mass is 405 g/mol. The van der Waals surface area contributed by atoms with Crippen LogP contribution < -0.4 is 5.32 Å². The van der Waals surface area contributed by atoms with Crippen LogP contribution in [0.3, 0.4) is 0 Å². The van der Waals surface area contributed by atoms with E-state index in [0.29, 0.717) is 21.2 Å². The molecular formula is C20H17Cl2NO4. The molecule has 0 unspecified atom stereocenters. The second kappa shape index (κ2) is 8.03. The summed E-state index contributed by atoms with van der Waals surface area (Å²) in [5.41, 5.74) is 2.76. The van der Waals surface area contributed by atoms with Crippen molar-refractivity contribution >= 4 is 51.7 Å². The van der Waals surface area contributed by atoms with Crippen molar-refractivity contribution in [2.45, 2.75) is 26.4 Å². The maximum atomic E-state index is 12.3. The van der Waals surface area contributed by atoms with Gasteiger partial charge in [0.25, 0.3) is 5.91 Å². The van der Waals surface area contributed by atoms with Crippen molar-refractivity contribution in [3.05, 3.63) is 63.8 Å². The highest BCUT2D eigenvalue weighted by molar-refractivity contribution is 6.39. The van der Waals surface area contributed by atoms with Crippen molar-refractivity contribution in [1.82, 2.24) is 0 Å². The summed E-state index contributed by atoms with van der Waals surface area (Å²) in [5.74, 6) is -1.06. The van der Waals surface area contributed by atoms with E-state index in [9.17, 15) is 9.59 Å². The molecule has 0 bridgehead atoms. The molecule has 3 rings (SSSR count). The molecular weight excluding hydrogens is 389 g/mol. The first-order valence-corrected chi connectivity index (χ1v) is 9.02. The molecule has 1 atom stereocenters. The number of hydrogen-bond donors (Lipinski definition) is 1. The van der Waals surface area contributed by atoms with Crippen LogP contribution in [0.1, 0.15) is 18.1 Å². The fraction of sp³-hybridized carbons (Fsp3) is 0.200. The minimum Gasteiger partial charge on any atom is -0.464 e. The van der Waals surface area contributed by atoms with E-state index in [1.165, 1.54) is 13.2 Å². The number of nitrogens with one attached hydrogen (secondary N) is 1. The van der Waals surface area contributed by atoms with Gasteiger partial charge in [-0.25, -0.2) is 0 Å². The number of hydrogen-bond acceptors (Lipinski definition) is 4. The number of fused-ring (bicyclic) bond motifs is 1. The van der Waals surface area contributed by atoms with E-state index >= 15 is 0 Å². The fourth-order valence-electron chi connectivity index (χ4n) is 2.62. The van der Waals surface area contributed by atoms with Crippen LogP contribution in [0.2, 0.25) is 10.0 Å². The molecule has 2 aromatic carbocycles. The number of anilines is 1. The highest BCUT2D eigenvalue weighted by Gasteiger charge is 2.21. The number of aryl methyl sites for hydroxylation is 1. The summed E-state index contributed by atoms with van der Waals surface area (Å²) in [5, 5.41) is 4.03. The number of furan rings is 1. The predicted octanol–water partition coefficient (Wildman–Crippen LogP) is 5.16. The molecule has 0 radical (unpaired) electrons. The molecule has 0 saturated heterocycles. The van der Waals surface area contributed by atoms with Crippen molar-refractivity contribution in [2.24, 2.45) is 0 Å². The first kappa shape index (κ1) is 19.3. The lowest BCUT2D eigenvalue weighted by Crippen LogP contribution is -2.30. The lowest BCUT2D eigenvalue weighted by Gasteiger charge is -2.15. The van der Waals surface area contributed by atoms with Crippen LogP contribution in [0.4, 0.5) is 5.69 Å². The van der Waals surface area contributed by atoms with E-state index in [1.807, 2.05) is 25.1 Å². The third-order valence-corrected chi connectivity index (χ3v) is 4.66. The molecule has 27 heavy (non-hydrogen) atoms. The molecule has 0 aliphatic carbocycles. The number of rotatable bonds is 5. The van der Waals surface area contributed by atoms with E-state index in [-0.39, 0.29) is 12.1 Å². The summed E-state index contributed by atoms with van der Waals surface area (Å²) in [7, 11) is 0. The average Bonchev–Trinajstić information content (AvgIpc) is 2.99. The number of benzene rings is 2. The molecule has 0 aliphatic heterocycles. The standard InChI is InChI=1S/C20H17Cl2NO4/c1-11-6-7-14-13(10-26-17(14)8-11)9-18(24)27-12(2)20(25)23-19-15(21)4-3-5-16(19)22/h3-8,10,12H,9H2,1-2H3,(H,23,25)/t12-/m1/s1. The van der Waals surface area contributed by atoms with E-state index in [4.69, 9.17) is 32.4 Å². The van der Waals surface area contributed by atoms with Gasteiger partial charge >= 0.3 is 5.97 Å². The summed E-state index contributed by atoms with van der Waals surface area (Å²) in [6, 6.07) is 10.6. The molecule has 5 nitrogen and oxygen atoms in total. The molecule has 7 heteroatoms. The van der Waals surface area contributed by atoms with E-state index in [2.05, 4.69) is 5.32 Å². The van der Waals surface area contributed by atoms with Crippen LogP contribution in [0, 0.1) is 6.92 Å². The number of carbonyl (C=O) groups is 2. The number of halogens is 2. The number of carbonyl (C=O) groups excluding carboxylic acids is 2. The smallest absolute Gasteiger partial charge is 0.311 e. The van der Waals surface area contributed by atoms with E-state index in [0.717, 1.165) is 10.9 Å². The number of amides is 1. The molecule has 140 valence electrons. The van der Waals surface area contributed by atoms with Gasteiger partial charge < -0.3 is 14.5 Å². The van der Waals surface area contributed by atoms with Crippen molar-refractivity contribution in [3.8, 4) is 0 Å². The Labute approximate surface area is 166 Å². The van der Waals surface area contributed by atoms with Crippen molar-refractivity contribution in [1.29, 1.82) is 0 Å². The minimum absolute atomic E-state index is 0.000526. The van der Waals surface area contributed by atoms with Gasteiger partial charge in [-0.15, -0.1) is 0 Å². The fourth-order valence-corrected chi connectivity index (χ4v) is 3.11. The third-order valence-electron chi connectivity index (χ3n) is 4.03. The second-order valence-electron chi connectivity index (χ2n) is 6.16. The van der Waals surface area contributed by atoms with Gasteiger partial charge in [-0.2, -0.15) is 0 Å². The quantitative estimate of drug-likeness (QED) is 0.595. The van der Waals surface area contributed by atoms with Gasteiger partial charge in [0, 0.05) is 10.9 Å². The van der Waals surface area contributed by atoms with Crippen LogP contribution in [-0.4, -0.2) is 18.0 Å². The molecule has 3 aromatic rings. The van der Waals surface area contributed by atoms with Crippen molar-refractivity contribution in [3.63, 3.8) is 0 Å². The Balaban J connectivity index is 1.63. The molecule has 1 N–H and O–H groups in total. The molecule has 0 spiro atoms. The highest BCUT2D eigenvalue weighted by atomic mass is 35.5. The zero-order valence-electron chi connectivity index (χ0n) is 14.7. The Bertz CT molecular complexity index is 992. The maximum absolute atomic E-state index is 12.3. The first-order chi connectivity index (χ1) is 12.8. The zero-order valence-corrected chi connectivity index (χ0v) is 16.2. The Kier molecular flexibility index (Phi) is 5.73. The summed E-state index contributed by atoms with van der Waals surface area (Å²) in [6.45, 7) is 3.44. The summed E-state index contributed by atoms with van der Waals surface area (Å²) < 4.78 is 10.7. The van der Waals surface area contributed by atoms with Crippen LogP contribution in [0.15, 0.2) is 47.1 Å². The summed E-state index contributed by atoms with van der Waals surface area (Å²) in [4.78, 5) is 24.5. The molecule has 1 aromatic heterocycles. The van der Waals surface area contributed by atoms with Crippen LogP contribution >= 0.6 is 23.2 Å². The predicted molar refractivity (Wildman–Crippen MR) is 105 cm³/mol. The minimum atomic E-state index is -1.01. The van der Waals surface area contributed by atoms with Gasteiger partial charge in [0.15, 0.2) is 6.10 Å². The van der Waals surface area contributed by atoms with Crippen LogP contribution in [-0.2, 0) is 20.7 Å². The van der Waals surface area contributed by atoms with Gasteiger partial charge in [-0.05, 0) is 37.6 Å². The second-order valence-corrected chi connectivity index (χ2v) is 6.97. The Hall–Kier alpha value is -2.50. The maximum Gasteiger partial charge on any atom is 0.311 e. The van der Waals surface area contributed by atoms with Crippen molar-refractivity contribution in [2.75, 3.05) is 5.32 Å². The Morgan fingerprint density at radius 1 is 1.19 bits per heavy atom. The lowest BCUT2D eigenvalue weighted by molar-refractivity contribution is -0.152. The van der Waals surface area contributed by atoms with Gasteiger partial charge in [0.2, 0.25) is 0 Å². The number of ether oxygens (including phenoxy) is 1. The van der Waals surface area contributed by atoms with E-state index in [1.54, 1.807) is 18.2 Å². The normalized spacial score (nSPS) is 12.0. The molecule has 0 saturated carbocycles. The molecule has 1 amide bonds. The Morgan fingerprint density at radius 3 is 2.59 bits per heavy atom. The number of esters is 1. The topological polar surface area (TPSA) is 68.5 Å². The van der Waals surface area contributed by atoms with Crippen LogP contribution in [0.5, 0.6) is 0 Å². The first-order valence-electron chi connectivity index (χ1n) is 8.26. The average molecular weight is 406 g/mol. The van der Waals surface area contributed by atoms with Gasteiger partial charge in [-0.3, -0.25) is 9.59 Å². The van der Waals surface area contributed by atoms with Gasteiger partial charge in [-0.1, -0.05) is 41.4 Å². The SMILES string of the molecule is Cc1ccc2c(CC(=O)O[C@H](C)C(=O)Nc3c(Cl)cccc3Cl)coc2c1. The third kappa shape index (κ3) is 4.43. The molecule has 1 heterocycles. The van der Waals surface area contributed by atoms with Gasteiger partial charge in [0.1, 0.15) is 5.58 Å². The molecule has 0 fully saturated rings. The van der Waals surface area contributed by atoms with Crippen LogP contribution in [0.25, 0.3) is 11.0 Å². The van der Waals surface area contributed by atoms with E-state index < -0.39 is 18.0 Å². The van der Waals surface area contributed by atoms with Gasteiger partial charge in [0.05, 0.1) is 28.4 Å². The summed E-state index contributed by atoms with van der Waals surface area (Å²) >= 11 is 12.1. The zero-order chi connectivity index (χ0) is 19.6. The molecule has 0 aliphatic rings. The largest absolute Gasteiger partial charge is 0.464 e. The highest BCUT2D eigenvalue weighted by Crippen LogP contribution is 2.30.